The van der Waals surface area contributed by atoms with Crippen molar-refractivity contribution in [2.24, 2.45) is 0 Å². The monoisotopic (exact) mass is 583 g/mol. The summed E-state index contributed by atoms with van der Waals surface area (Å²) < 4.78 is 56.4. The van der Waals surface area contributed by atoms with E-state index in [-0.39, 0.29) is 23.6 Å². The van der Waals surface area contributed by atoms with E-state index in [9.17, 15) is 27.6 Å². The fourth-order valence-electron chi connectivity index (χ4n) is 3.04. The highest BCUT2D eigenvalue weighted by atomic mass is 32.8. The number of halogens is 3. The lowest BCUT2D eigenvalue weighted by Gasteiger charge is -2.37. The van der Waals surface area contributed by atoms with E-state index >= 15 is 0 Å². The first-order valence-electron chi connectivity index (χ1n) is 11.3. The normalized spacial score (nSPS) is 21.3. The first kappa shape index (κ1) is 31.4. The number of carbonyl (C=O) groups is 1. The number of carbonyl (C=O) groups excluding carboxylic acids is 1. The Morgan fingerprint density at radius 2 is 2.00 bits per heavy atom. The molecule has 0 aliphatic carbocycles. The highest BCUT2D eigenvalue weighted by Crippen LogP contribution is 2.38. The smallest absolute Gasteiger partial charge is 0.414 e. The number of H-pyrrole nitrogens is 1. The van der Waals surface area contributed by atoms with E-state index in [0.29, 0.717) is 5.94 Å². The van der Waals surface area contributed by atoms with Gasteiger partial charge in [0.25, 0.3) is 5.56 Å². The van der Waals surface area contributed by atoms with Crippen LogP contribution in [0.5, 0.6) is 0 Å². The van der Waals surface area contributed by atoms with Gasteiger partial charge in [-0.05, 0) is 35.6 Å². The summed E-state index contributed by atoms with van der Waals surface area (Å²) in [5.41, 5.74) is -1.74. The minimum atomic E-state index is -5.04. The third kappa shape index (κ3) is 8.86. The zero-order chi connectivity index (χ0) is 28.2. The van der Waals surface area contributed by atoms with Crippen LogP contribution in [0, 0.1) is 11.8 Å². The van der Waals surface area contributed by atoms with E-state index in [0.717, 1.165) is 4.57 Å². The summed E-state index contributed by atoms with van der Waals surface area (Å²) in [6, 6.07) is 0. The summed E-state index contributed by atoms with van der Waals surface area (Å²) in [5.74, 6) is 2.84. The molecule has 37 heavy (non-hydrogen) atoms. The number of hydrogen-bond donors (Lipinski definition) is 2. The Balaban J connectivity index is 2.24. The largest absolute Gasteiger partial charge is 0.471 e. The molecule has 0 bridgehead atoms. The van der Waals surface area contributed by atoms with Crippen LogP contribution < -0.4 is 16.6 Å². The molecule has 2 rings (SSSR count). The Bertz CT molecular complexity index is 1180. The van der Waals surface area contributed by atoms with Gasteiger partial charge in [-0.3, -0.25) is 19.1 Å². The summed E-state index contributed by atoms with van der Waals surface area (Å²) in [5, 5.41) is 1.56. The molecule has 1 aromatic rings. The average Bonchev–Trinajstić information content (AvgIpc) is 3.16. The van der Waals surface area contributed by atoms with Crippen molar-refractivity contribution in [3.8, 4) is 11.8 Å². The predicted molar refractivity (Wildman–Crippen MR) is 139 cm³/mol. The molecule has 0 aromatic carbocycles. The molecular weight excluding hydrogens is 551 g/mol. The third-order valence-electron chi connectivity index (χ3n) is 6.14. The SMILES string of the molecule is CS(=S)CO[C@@H]1C[C@H](n2cc(C#CCNC(=O)C(F)(F)F)c(=O)[nH]c2=O)O[C@@H]1CO[Si](C)(C)C(C)(C)C. The standard InChI is InChI=1S/C22H32F3N3O6S2Si/c1-21(2,3)37(5,6)33-12-16-15(32-13-36(4)35)10-17(34-16)28-11-14(18(29)27-20(28)31)8-7-9-26-19(30)22(23,24)25/h11,15-17H,9-10,12-13H2,1-6H3,(H,26,30)(H,27,29,31)/t15-,16-,17-,36?/m1/s1. The van der Waals surface area contributed by atoms with Gasteiger partial charge in [0, 0.05) is 12.6 Å². The molecule has 9 nitrogen and oxygen atoms in total. The molecule has 0 saturated carbocycles. The lowest BCUT2D eigenvalue weighted by Crippen LogP contribution is -2.44. The van der Waals surface area contributed by atoms with Crippen LogP contribution in [-0.2, 0) is 39.3 Å². The minimum Gasteiger partial charge on any atom is -0.414 e. The van der Waals surface area contributed by atoms with Gasteiger partial charge in [-0.25, -0.2) is 4.79 Å². The fourth-order valence-corrected chi connectivity index (χ4v) is 4.59. The van der Waals surface area contributed by atoms with Gasteiger partial charge in [0.2, 0.25) is 0 Å². The van der Waals surface area contributed by atoms with Crippen LogP contribution in [0.3, 0.4) is 0 Å². The number of nitrogens with one attached hydrogen (secondary N) is 2. The molecule has 0 spiro atoms. The van der Waals surface area contributed by atoms with Crippen molar-refractivity contribution in [3.05, 3.63) is 32.6 Å². The number of aromatic amines is 1. The third-order valence-corrected chi connectivity index (χ3v) is 11.4. The maximum Gasteiger partial charge on any atom is 0.471 e. The number of hydrogen-bond acceptors (Lipinski definition) is 7. The maximum atomic E-state index is 12.6. The van der Waals surface area contributed by atoms with Gasteiger partial charge in [-0.15, -0.1) is 0 Å². The van der Waals surface area contributed by atoms with Gasteiger partial charge in [0.15, 0.2) is 8.32 Å². The van der Waals surface area contributed by atoms with Gasteiger partial charge >= 0.3 is 17.8 Å². The number of ether oxygens (including phenoxy) is 2. The molecule has 15 heteroatoms. The number of rotatable bonds is 8. The first-order valence-corrected chi connectivity index (χ1v) is 17.0. The zero-order valence-electron chi connectivity index (χ0n) is 21.5. The molecule has 2 heterocycles. The lowest BCUT2D eigenvalue weighted by molar-refractivity contribution is -0.173. The number of aromatic nitrogens is 2. The van der Waals surface area contributed by atoms with E-state index < -0.39 is 66.1 Å². The molecule has 1 saturated heterocycles. The van der Waals surface area contributed by atoms with Crippen molar-refractivity contribution >= 4 is 34.9 Å². The Morgan fingerprint density at radius 3 is 2.57 bits per heavy atom. The van der Waals surface area contributed by atoms with Crippen LogP contribution in [-0.4, -0.2) is 67.5 Å². The molecular formula is C22H32F3N3O6S2Si. The Labute approximate surface area is 221 Å². The second kappa shape index (κ2) is 12.3. The Hall–Kier alpha value is -1.83. The Morgan fingerprint density at radius 1 is 1.35 bits per heavy atom. The number of alkyl halides is 3. The predicted octanol–water partition coefficient (Wildman–Crippen LogP) is 1.93. The second-order valence-corrected chi connectivity index (χ2v) is 17.9. The quantitative estimate of drug-likeness (QED) is 0.355. The van der Waals surface area contributed by atoms with Gasteiger partial charge in [-0.2, -0.15) is 13.2 Å². The van der Waals surface area contributed by atoms with Gasteiger partial charge in [-0.1, -0.05) is 42.1 Å². The van der Waals surface area contributed by atoms with Crippen molar-refractivity contribution in [3.63, 3.8) is 0 Å². The Kier molecular flexibility index (Phi) is 10.5. The van der Waals surface area contributed by atoms with Crippen LogP contribution in [0.25, 0.3) is 0 Å². The lowest BCUT2D eigenvalue weighted by atomic mass is 10.2. The minimum absolute atomic E-state index is 0.0269. The summed E-state index contributed by atoms with van der Waals surface area (Å²) in [6.07, 6.45) is -3.45. The summed E-state index contributed by atoms with van der Waals surface area (Å²) in [6.45, 7) is 10.2. The highest BCUT2D eigenvalue weighted by Gasteiger charge is 2.42. The zero-order valence-corrected chi connectivity index (χ0v) is 24.1. The van der Waals surface area contributed by atoms with Crippen LogP contribution in [0.4, 0.5) is 13.2 Å². The van der Waals surface area contributed by atoms with Crippen LogP contribution in [0.1, 0.15) is 39.0 Å². The molecule has 1 aromatic heterocycles. The van der Waals surface area contributed by atoms with Crippen LogP contribution in [0.15, 0.2) is 15.8 Å². The molecule has 2 N–H and O–H groups in total. The van der Waals surface area contributed by atoms with E-state index in [1.807, 2.05) is 6.26 Å². The molecule has 208 valence electrons. The van der Waals surface area contributed by atoms with Gasteiger partial charge in [0.05, 0.1) is 25.2 Å². The van der Waals surface area contributed by atoms with Crippen molar-refractivity contribution in [2.45, 2.75) is 69.9 Å². The van der Waals surface area contributed by atoms with E-state index in [2.05, 4.69) is 50.7 Å². The number of amides is 1. The topological polar surface area (TPSA) is 112 Å². The average molecular weight is 584 g/mol. The fraction of sp³-hybridized carbons (Fsp3) is 0.682. The van der Waals surface area contributed by atoms with Crippen molar-refractivity contribution in [1.29, 1.82) is 0 Å². The van der Waals surface area contributed by atoms with E-state index in [4.69, 9.17) is 25.1 Å². The summed E-state index contributed by atoms with van der Waals surface area (Å²) >= 11 is 5.23. The highest BCUT2D eigenvalue weighted by molar-refractivity contribution is 8.28. The molecule has 0 radical (unpaired) electrons. The number of nitrogens with zero attached hydrogens (tertiary/aromatic N) is 1. The van der Waals surface area contributed by atoms with Crippen molar-refractivity contribution < 1.29 is 31.9 Å². The first-order chi connectivity index (χ1) is 16.9. The maximum absolute atomic E-state index is 12.6. The van der Waals surface area contributed by atoms with Gasteiger partial charge < -0.3 is 19.2 Å². The van der Waals surface area contributed by atoms with Crippen LogP contribution in [0.2, 0.25) is 18.1 Å². The van der Waals surface area contributed by atoms with E-state index in [1.165, 1.54) is 6.20 Å². The van der Waals surface area contributed by atoms with Gasteiger partial charge in [0.1, 0.15) is 17.9 Å². The molecule has 1 aliphatic heterocycles. The van der Waals surface area contributed by atoms with Crippen molar-refractivity contribution in [2.75, 3.05) is 25.3 Å². The van der Waals surface area contributed by atoms with Crippen molar-refractivity contribution in [1.82, 2.24) is 14.9 Å². The van der Waals surface area contributed by atoms with E-state index in [1.54, 1.807) is 5.32 Å². The second-order valence-electron chi connectivity index (χ2n) is 10.0. The molecule has 4 atom stereocenters. The summed E-state index contributed by atoms with van der Waals surface area (Å²) in [4.78, 5) is 37.7. The molecule has 1 fully saturated rings. The van der Waals surface area contributed by atoms with Crippen LogP contribution >= 0.6 is 0 Å². The molecule has 1 amide bonds. The summed E-state index contributed by atoms with van der Waals surface area (Å²) in [7, 11) is -2.51. The molecule has 1 aliphatic rings. The molecule has 1 unspecified atom stereocenters.